The molecule has 1 N–H and O–H groups in total. The van der Waals surface area contributed by atoms with Gasteiger partial charge in [0.2, 0.25) is 0 Å². The van der Waals surface area contributed by atoms with Crippen molar-refractivity contribution in [2.75, 3.05) is 0 Å². The van der Waals surface area contributed by atoms with E-state index < -0.39 is 0 Å². The van der Waals surface area contributed by atoms with E-state index in [4.69, 9.17) is 10.1 Å². The number of aromatic hydroxyl groups is 1. The summed E-state index contributed by atoms with van der Waals surface area (Å²) in [6.45, 7) is 19.7. The van der Waals surface area contributed by atoms with Gasteiger partial charge in [-0.25, -0.2) is 4.98 Å². The van der Waals surface area contributed by atoms with Crippen LogP contribution in [0.15, 0.2) is 158 Å². The Bertz CT molecular complexity index is 3140. The highest BCUT2D eigenvalue weighted by atomic mass is 16.3. The van der Waals surface area contributed by atoms with Crippen LogP contribution < -0.4 is 0 Å². The molecule has 0 unspecified atom stereocenters. The minimum absolute atomic E-state index is 0.184. The number of rotatable bonds is 7. The van der Waals surface area contributed by atoms with Crippen molar-refractivity contribution < 1.29 is 5.11 Å². The van der Waals surface area contributed by atoms with Gasteiger partial charge in [-0.15, -0.1) is 0 Å². The first kappa shape index (κ1) is 41.3. The standard InChI is InChI=1S/C58H54N4O/c1-36-27-37(2)53(38(3)28-36)43-30-41(29-42(31-43)50-32-44(35-59-61-50)39-19-12-10-13-20-39)47-24-18-26-52-54(47)60-56(48-33-45(57(4,5)6)34-49(55(48)63)58(7,8)9)62(52)51-25-17-16-23-46(51)40-21-14-11-15-22-40/h10-35,63H,1-9H3. The molecule has 9 aromatic rings. The molecule has 312 valence electrons. The van der Waals surface area contributed by atoms with Crippen LogP contribution in [0.3, 0.4) is 0 Å². The molecular weight excluding hydrogens is 769 g/mol. The lowest BCUT2D eigenvalue weighted by atomic mass is 9.79. The van der Waals surface area contributed by atoms with Crippen LogP contribution in [0, 0.1) is 20.8 Å². The molecule has 0 saturated heterocycles. The van der Waals surface area contributed by atoms with Gasteiger partial charge in [0.25, 0.3) is 0 Å². The van der Waals surface area contributed by atoms with E-state index >= 15 is 0 Å². The number of para-hydroxylation sites is 2. The predicted molar refractivity (Wildman–Crippen MR) is 263 cm³/mol. The summed E-state index contributed by atoms with van der Waals surface area (Å²) in [5.41, 5.74) is 18.9. The first-order valence-corrected chi connectivity index (χ1v) is 21.8. The molecule has 0 saturated carbocycles. The Kier molecular flexibility index (Phi) is 10.5. The minimum Gasteiger partial charge on any atom is -0.507 e. The van der Waals surface area contributed by atoms with Crippen LogP contribution in [0.1, 0.15) is 69.4 Å². The van der Waals surface area contributed by atoms with Gasteiger partial charge in [-0.3, -0.25) is 4.57 Å². The lowest BCUT2D eigenvalue weighted by Crippen LogP contribution is -2.17. The van der Waals surface area contributed by atoms with E-state index in [2.05, 4.69) is 199 Å². The molecule has 0 aliphatic carbocycles. The molecule has 0 radical (unpaired) electrons. The van der Waals surface area contributed by atoms with E-state index in [1.54, 1.807) is 0 Å². The van der Waals surface area contributed by atoms with Gasteiger partial charge in [0.05, 0.1) is 34.2 Å². The third-order valence-electron chi connectivity index (χ3n) is 12.2. The highest BCUT2D eigenvalue weighted by Gasteiger charge is 2.29. The predicted octanol–water partition coefficient (Wildman–Crippen LogP) is 15.0. The van der Waals surface area contributed by atoms with Crippen molar-refractivity contribution in [3.63, 3.8) is 0 Å². The summed E-state index contributed by atoms with van der Waals surface area (Å²) in [5, 5.41) is 21.7. The largest absolute Gasteiger partial charge is 0.507 e. The van der Waals surface area contributed by atoms with Crippen LogP contribution in [0.2, 0.25) is 0 Å². The summed E-state index contributed by atoms with van der Waals surface area (Å²) >= 11 is 0. The normalized spacial score (nSPS) is 12.0. The lowest BCUT2D eigenvalue weighted by Gasteiger charge is -2.27. The maximum absolute atomic E-state index is 12.5. The third-order valence-corrected chi connectivity index (χ3v) is 12.2. The van der Waals surface area contributed by atoms with Gasteiger partial charge in [0, 0.05) is 27.8 Å². The fraction of sp³-hybridized carbons (Fsp3) is 0.190. The van der Waals surface area contributed by atoms with E-state index in [-0.39, 0.29) is 16.6 Å². The number of imidazole rings is 1. The Morgan fingerprint density at radius 3 is 1.81 bits per heavy atom. The van der Waals surface area contributed by atoms with Crippen LogP contribution in [0.4, 0.5) is 0 Å². The Morgan fingerprint density at radius 1 is 0.508 bits per heavy atom. The van der Waals surface area contributed by atoms with E-state index in [1.807, 2.05) is 30.5 Å². The summed E-state index contributed by atoms with van der Waals surface area (Å²) in [6.07, 6.45) is 1.83. The van der Waals surface area contributed by atoms with Gasteiger partial charge in [0.15, 0.2) is 0 Å². The zero-order chi connectivity index (χ0) is 44.2. The number of fused-ring (bicyclic) bond motifs is 1. The van der Waals surface area contributed by atoms with Crippen molar-refractivity contribution >= 4 is 11.0 Å². The molecule has 5 nitrogen and oxygen atoms in total. The number of phenolic OH excluding ortho intramolecular Hbond substituents is 1. The Hall–Kier alpha value is -7.11. The fourth-order valence-corrected chi connectivity index (χ4v) is 9.10. The van der Waals surface area contributed by atoms with Gasteiger partial charge in [-0.2, -0.15) is 10.2 Å². The van der Waals surface area contributed by atoms with Crippen molar-refractivity contribution in [2.24, 2.45) is 0 Å². The monoisotopic (exact) mass is 822 g/mol. The van der Waals surface area contributed by atoms with Crippen LogP contribution in [0.25, 0.3) is 83.9 Å². The van der Waals surface area contributed by atoms with E-state index in [0.29, 0.717) is 11.4 Å². The summed E-state index contributed by atoms with van der Waals surface area (Å²) in [6, 6.07) is 53.5. The number of aromatic nitrogens is 4. The smallest absolute Gasteiger partial charge is 0.149 e. The van der Waals surface area contributed by atoms with Gasteiger partial charge in [0.1, 0.15) is 11.6 Å². The Morgan fingerprint density at radius 2 is 1.13 bits per heavy atom. The fourth-order valence-electron chi connectivity index (χ4n) is 9.10. The zero-order valence-corrected chi connectivity index (χ0v) is 37.7. The van der Waals surface area contributed by atoms with Crippen molar-refractivity contribution in [1.82, 2.24) is 19.7 Å². The third kappa shape index (κ3) is 7.85. The molecule has 9 rings (SSSR count). The van der Waals surface area contributed by atoms with Crippen molar-refractivity contribution in [3.8, 4) is 78.6 Å². The van der Waals surface area contributed by atoms with Gasteiger partial charge < -0.3 is 5.11 Å². The maximum atomic E-state index is 12.5. The van der Waals surface area contributed by atoms with E-state index in [1.165, 1.54) is 22.3 Å². The molecule has 0 aliphatic rings. The second kappa shape index (κ2) is 16.0. The first-order chi connectivity index (χ1) is 30.2. The van der Waals surface area contributed by atoms with Crippen LogP contribution in [-0.4, -0.2) is 24.9 Å². The lowest BCUT2D eigenvalue weighted by molar-refractivity contribution is 0.446. The number of hydrogen-bond acceptors (Lipinski definition) is 4. The Balaban J connectivity index is 1.37. The van der Waals surface area contributed by atoms with E-state index in [0.717, 1.165) is 78.0 Å². The highest BCUT2D eigenvalue weighted by Crippen LogP contribution is 2.46. The first-order valence-electron chi connectivity index (χ1n) is 21.8. The molecule has 0 aliphatic heterocycles. The molecule has 0 fully saturated rings. The SMILES string of the molecule is Cc1cc(C)c(-c2cc(-c3cc(-c4ccccc4)cnn3)cc(-c3cccc4c3nc(-c3cc(C(C)(C)C)cc(C(C)(C)C)c3O)n4-c3ccccc3-c3ccccc3)c2)c(C)c1. The van der Waals surface area contributed by atoms with Crippen LogP contribution in [0.5, 0.6) is 5.75 Å². The van der Waals surface area contributed by atoms with Gasteiger partial charge in [-0.05, 0) is 119 Å². The molecule has 2 aromatic heterocycles. The quantitative estimate of drug-likeness (QED) is 0.174. The number of aryl methyl sites for hydroxylation is 3. The molecule has 2 heterocycles. The molecule has 0 atom stereocenters. The molecule has 5 heteroatoms. The van der Waals surface area contributed by atoms with Crippen molar-refractivity contribution in [1.29, 1.82) is 0 Å². The Labute approximate surface area is 371 Å². The number of benzene rings is 7. The molecule has 0 spiro atoms. The summed E-state index contributed by atoms with van der Waals surface area (Å²) in [7, 11) is 0. The second-order valence-corrected chi connectivity index (χ2v) is 19.0. The number of phenols is 1. The summed E-state index contributed by atoms with van der Waals surface area (Å²) in [4.78, 5) is 5.66. The molecule has 0 amide bonds. The summed E-state index contributed by atoms with van der Waals surface area (Å²) < 4.78 is 2.25. The topological polar surface area (TPSA) is 63.8 Å². The molecular formula is C58H54N4O. The zero-order valence-electron chi connectivity index (χ0n) is 37.7. The van der Waals surface area contributed by atoms with Crippen LogP contribution in [-0.2, 0) is 10.8 Å². The van der Waals surface area contributed by atoms with Crippen LogP contribution >= 0.6 is 0 Å². The molecule has 63 heavy (non-hydrogen) atoms. The molecule has 0 bridgehead atoms. The van der Waals surface area contributed by atoms with Gasteiger partial charge >= 0.3 is 0 Å². The average Bonchev–Trinajstić information content (AvgIpc) is 3.65. The highest BCUT2D eigenvalue weighted by molar-refractivity contribution is 5.98. The van der Waals surface area contributed by atoms with Crippen molar-refractivity contribution in [2.45, 2.75) is 73.1 Å². The van der Waals surface area contributed by atoms with Gasteiger partial charge in [-0.1, -0.05) is 156 Å². The maximum Gasteiger partial charge on any atom is 0.149 e. The second-order valence-electron chi connectivity index (χ2n) is 19.0. The number of nitrogens with zero attached hydrogens (tertiary/aromatic N) is 4. The number of hydrogen-bond donors (Lipinski definition) is 1. The average molecular weight is 823 g/mol. The summed E-state index contributed by atoms with van der Waals surface area (Å²) in [5.74, 6) is 0.926. The van der Waals surface area contributed by atoms with E-state index in [9.17, 15) is 5.11 Å². The molecule has 7 aromatic carbocycles. The minimum atomic E-state index is -0.326. The van der Waals surface area contributed by atoms with Crippen molar-refractivity contribution in [3.05, 3.63) is 186 Å².